The highest BCUT2D eigenvalue weighted by atomic mass is 16.5. The molecule has 0 bridgehead atoms. The van der Waals surface area contributed by atoms with Crippen LogP contribution in [0.1, 0.15) is 36.0 Å². The van der Waals surface area contributed by atoms with Crippen LogP contribution in [0.2, 0.25) is 0 Å². The number of H-pyrrole nitrogens is 1. The van der Waals surface area contributed by atoms with Crippen LogP contribution in [0.25, 0.3) is 22.2 Å². The van der Waals surface area contributed by atoms with E-state index in [0.29, 0.717) is 38.2 Å². The molecule has 166 valence electrons. The number of anilines is 1. The molecule has 0 aliphatic carbocycles. The Hall–Kier alpha value is -3.32. The van der Waals surface area contributed by atoms with Crippen LogP contribution in [0.4, 0.5) is 5.69 Å². The van der Waals surface area contributed by atoms with Crippen LogP contribution >= 0.6 is 0 Å². The molecule has 2 fully saturated rings. The number of amides is 1. The fraction of sp³-hybridized carbons (Fsp3) is 0.360. The highest BCUT2D eigenvalue weighted by Gasteiger charge is 2.34. The molecule has 2 aromatic carbocycles. The minimum absolute atomic E-state index is 0.228. The normalized spacial score (nSPS) is 19.4. The summed E-state index contributed by atoms with van der Waals surface area (Å²) in [5, 5.41) is 14.1. The van der Waals surface area contributed by atoms with E-state index in [0.717, 1.165) is 40.7 Å². The molecule has 7 nitrogen and oxygen atoms in total. The Balaban J connectivity index is 1.55. The van der Waals surface area contributed by atoms with Crippen molar-refractivity contribution in [3.63, 3.8) is 0 Å². The molecule has 2 saturated heterocycles. The lowest BCUT2D eigenvalue weighted by Crippen LogP contribution is -2.40. The lowest BCUT2D eigenvalue weighted by atomic mass is 10.1. The first kappa shape index (κ1) is 20.6. The van der Waals surface area contributed by atoms with Crippen molar-refractivity contribution in [1.29, 1.82) is 0 Å². The number of carboxylic acids is 1. The summed E-state index contributed by atoms with van der Waals surface area (Å²) in [5.74, 6) is -1.17. The Morgan fingerprint density at radius 2 is 1.84 bits per heavy atom. The van der Waals surface area contributed by atoms with E-state index in [-0.39, 0.29) is 11.9 Å². The maximum Gasteiger partial charge on any atom is 0.326 e. The Kier molecular flexibility index (Phi) is 5.57. The molecule has 3 aromatic rings. The lowest BCUT2D eigenvalue weighted by molar-refractivity contribution is -0.141. The lowest BCUT2D eigenvalue weighted by Gasteiger charge is -2.25. The molecule has 2 aliphatic heterocycles. The van der Waals surface area contributed by atoms with Gasteiger partial charge in [-0.05, 0) is 49.4 Å². The van der Waals surface area contributed by atoms with Crippen molar-refractivity contribution >= 4 is 28.5 Å². The molecule has 0 saturated carbocycles. The number of aliphatic carboxylic acids is 1. The average Bonchev–Trinajstić information content (AvgIpc) is 3.47. The van der Waals surface area contributed by atoms with E-state index < -0.39 is 12.0 Å². The zero-order valence-electron chi connectivity index (χ0n) is 17.8. The predicted molar refractivity (Wildman–Crippen MR) is 123 cm³/mol. The van der Waals surface area contributed by atoms with Gasteiger partial charge >= 0.3 is 5.97 Å². The molecule has 3 heterocycles. The zero-order chi connectivity index (χ0) is 22.1. The molecule has 0 spiro atoms. The fourth-order valence-corrected chi connectivity index (χ4v) is 4.75. The van der Waals surface area contributed by atoms with Crippen molar-refractivity contribution in [2.45, 2.75) is 37.8 Å². The molecule has 1 atom stereocenters. The van der Waals surface area contributed by atoms with Crippen LogP contribution in [0.5, 0.6) is 0 Å². The van der Waals surface area contributed by atoms with Gasteiger partial charge in [-0.25, -0.2) is 4.79 Å². The van der Waals surface area contributed by atoms with Crippen LogP contribution in [0.15, 0.2) is 48.5 Å². The number of benzene rings is 2. The largest absolute Gasteiger partial charge is 0.480 e. The summed E-state index contributed by atoms with van der Waals surface area (Å²) in [4.78, 5) is 30.0. The summed E-state index contributed by atoms with van der Waals surface area (Å²) in [7, 11) is 0. The number of aromatic nitrogens is 1. The van der Waals surface area contributed by atoms with Gasteiger partial charge in [0.2, 0.25) is 0 Å². The monoisotopic (exact) mass is 433 g/mol. The van der Waals surface area contributed by atoms with Crippen molar-refractivity contribution in [3.05, 3.63) is 54.1 Å². The molecule has 7 heteroatoms. The van der Waals surface area contributed by atoms with E-state index in [4.69, 9.17) is 4.74 Å². The topological polar surface area (TPSA) is 94.7 Å². The van der Waals surface area contributed by atoms with Crippen molar-refractivity contribution in [1.82, 2.24) is 9.88 Å². The van der Waals surface area contributed by atoms with Crippen molar-refractivity contribution in [3.8, 4) is 11.3 Å². The molecular formula is C25H27N3O4. The molecular weight excluding hydrogens is 406 g/mol. The molecule has 5 rings (SSSR count). The van der Waals surface area contributed by atoms with Crippen LogP contribution in [-0.4, -0.2) is 58.7 Å². The quantitative estimate of drug-likeness (QED) is 0.563. The van der Waals surface area contributed by atoms with Crippen molar-refractivity contribution in [2.75, 3.05) is 25.1 Å². The first-order valence-corrected chi connectivity index (χ1v) is 11.2. The SMILES string of the molecule is O=C(O)[C@@H]1CCCN1C(=O)c1cc(NC2CCOCC2)c2[nH]c(-c3ccccc3)cc2c1. The third-order valence-corrected chi connectivity index (χ3v) is 6.44. The first-order chi connectivity index (χ1) is 15.6. The number of nitrogens with zero attached hydrogens (tertiary/aromatic N) is 1. The third kappa shape index (κ3) is 3.96. The smallest absolute Gasteiger partial charge is 0.326 e. The number of fused-ring (bicyclic) bond motifs is 1. The first-order valence-electron chi connectivity index (χ1n) is 11.2. The van der Waals surface area contributed by atoms with E-state index in [1.807, 2.05) is 42.5 Å². The van der Waals surface area contributed by atoms with Gasteiger partial charge in [0, 0.05) is 42.4 Å². The minimum Gasteiger partial charge on any atom is -0.480 e. The summed E-state index contributed by atoms with van der Waals surface area (Å²) in [6, 6.07) is 15.4. The van der Waals surface area contributed by atoms with E-state index >= 15 is 0 Å². The second kappa shape index (κ2) is 8.67. The summed E-state index contributed by atoms with van der Waals surface area (Å²) in [5.41, 5.74) is 4.37. The van der Waals surface area contributed by atoms with Gasteiger partial charge < -0.3 is 25.0 Å². The molecule has 0 unspecified atom stereocenters. The summed E-state index contributed by atoms with van der Waals surface area (Å²) in [6.07, 6.45) is 3.01. The van der Waals surface area contributed by atoms with Gasteiger partial charge in [0.05, 0.1) is 11.2 Å². The number of ether oxygens (including phenoxy) is 1. The maximum atomic E-state index is 13.3. The average molecular weight is 434 g/mol. The van der Waals surface area contributed by atoms with Gasteiger partial charge in [-0.15, -0.1) is 0 Å². The Morgan fingerprint density at radius 1 is 1.06 bits per heavy atom. The number of rotatable bonds is 5. The van der Waals surface area contributed by atoms with Gasteiger partial charge in [-0.2, -0.15) is 0 Å². The minimum atomic E-state index is -0.939. The highest BCUT2D eigenvalue weighted by Crippen LogP contribution is 2.32. The number of carbonyl (C=O) groups is 2. The van der Waals surface area contributed by atoms with Crippen LogP contribution < -0.4 is 5.32 Å². The highest BCUT2D eigenvalue weighted by molar-refractivity contribution is 6.04. The van der Waals surface area contributed by atoms with Gasteiger partial charge in [0.15, 0.2) is 0 Å². The number of aromatic amines is 1. The Labute approximate surface area is 186 Å². The molecule has 2 aliphatic rings. The molecule has 32 heavy (non-hydrogen) atoms. The fourth-order valence-electron chi connectivity index (χ4n) is 4.75. The van der Waals surface area contributed by atoms with Crippen LogP contribution in [-0.2, 0) is 9.53 Å². The van der Waals surface area contributed by atoms with E-state index in [1.54, 1.807) is 0 Å². The molecule has 1 aromatic heterocycles. The van der Waals surface area contributed by atoms with E-state index in [2.05, 4.69) is 16.4 Å². The van der Waals surface area contributed by atoms with Gasteiger partial charge in [0.1, 0.15) is 6.04 Å². The second-order valence-corrected chi connectivity index (χ2v) is 8.56. The predicted octanol–water partition coefficient (Wildman–Crippen LogP) is 4.12. The summed E-state index contributed by atoms with van der Waals surface area (Å²) < 4.78 is 5.49. The van der Waals surface area contributed by atoms with Crippen LogP contribution in [0.3, 0.4) is 0 Å². The van der Waals surface area contributed by atoms with Gasteiger partial charge in [-0.3, -0.25) is 4.79 Å². The Bertz CT molecular complexity index is 1130. The van der Waals surface area contributed by atoms with Gasteiger partial charge in [0.25, 0.3) is 5.91 Å². The summed E-state index contributed by atoms with van der Waals surface area (Å²) >= 11 is 0. The second-order valence-electron chi connectivity index (χ2n) is 8.56. The van der Waals surface area contributed by atoms with E-state index in [1.165, 1.54) is 4.90 Å². The maximum absolute atomic E-state index is 13.3. The number of hydrogen-bond acceptors (Lipinski definition) is 4. The molecule has 3 N–H and O–H groups in total. The van der Waals surface area contributed by atoms with E-state index in [9.17, 15) is 14.7 Å². The van der Waals surface area contributed by atoms with Crippen molar-refractivity contribution < 1.29 is 19.4 Å². The Morgan fingerprint density at radius 3 is 2.59 bits per heavy atom. The number of likely N-dealkylation sites (tertiary alicyclic amines) is 1. The van der Waals surface area contributed by atoms with Crippen molar-refractivity contribution in [2.24, 2.45) is 0 Å². The third-order valence-electron chi connectivity index (χ3n) is 6.44. The zero-order valence-corrected chi connectivity index (χ0v) is 17.8. The molecule has 1 amide bonds. The standard InChI is InChI=1S/C25H27N3O4/c29-24(28-10-4-7-22(28)25(30)31)18-13-17-14-20(16-5-2-1-3-6-16)27-23(17)21(15-18)26-19-8-11-32-12-9-19/h1-3,5-6,13-15,19,22,26-27H,4,7-12H2,(H,30,31)/t22-/m0/s1. The number of carbonyl (C=O) groups excluding carboxylic acids is 1. The number of carboxylic acid groups (broad SMARTS) is 1. The van der Waals surface area contributed by atoms with Crippen LogP contribution in [0, 0.1) is 0 Å². The number of hydrogen-bond donors (Lipinski definition) is 3. The number of nitrogens with one attached hydrogen (secondary N) is 2. The summed E-state index contributed by atoms with van der Waals surface area (Å²) in [6.45, 7) is 1.90. The molecule has 0 radical (unpaired) electrons. The van der Waals surface area contributed by atoms with Gasteiger partial charge in [-0.1, -0.05) is 30.3 Å².